The van der Waals surface area contributed by atoms with Crippen LogP contribution >= 0.6 is 23.2 Å². The molecule has 0 saturated heterocycles. The van der Waals surface area contributed by atoms with Crippen LogP contribution in [0.5, 0.6) is 0 Å². The van der Waals surface area contributed by atoms with Gasteiger partial charge in [-0.25, -0.2) is 8.78 Å². The number of hydrogen-bond donors (Lipinski definition) is 1. The zero-order valence-corrected chi connectivity index (χ0v) is 9.41. The van der Waals surface area contributed by atoms with Crippen molar-refractivity contribution in [2.45, 2.75) is 18.7 Å². The topological polar surface area (TPSA) is 20.2 Å². The third-order valence-electron chi connectivity index (χ3n) is 1.95. The van der Waals surface area contributed by atoms with E-state index >= 15 is 0 Å². The quantitative estimate of drug-likeness (QED) is 0.795. The van der Waals surface area contributed by atoms with Gasteiger partial charge in [0.2, 0.25) is 0 Å². The zero-order valence-electron chi connectivity index (χ0n) is 7.90. The molecule has 1 rings (SSSR count). The zero-order chi connectivity index (χ0) is 13.4. The van der Waals surface area contributed by atoms with E-state index in [2.05, 4.69) is 0 Å². The molecule has 0 aliphatic carbocycles. The number of alkyl halides is 5. The summed E-state index contributed by atoms with van der Waals surface area (Å²) in [5, 5.41) is 7.67. The van der Waals surface area contributed by atoms with E-state index in [1.165, 1.54) is 0 Å². The van der Waals surface area contributed by atoms with E-state index < -0.39 is 39.9 Å². The maximum atomic E-state index is 12.4. The van der Waals surface area contributed by atoms with Crippen LogP contribution in [0.4, 0.5) is 22.0 Å². The van der Waals surface area contributed by atoms with Crippen LogP contribution in [0.25, 0.3) is 0 Å². The number of aliphatic hydroxyl groups is 1. The van der Waals surface area contributed by atoms with Gasteiger partial charge < -0.3 is 5.11 Å². The average molecular weight is 295 g/mol. The largest absolute Gasteiger partial charge is 0.418 e. The molecule has 96 valence electrons. The predicted octanol–water partition coefficient (Wildman–Crippen LogP) is 4.53. The Morgan fingerprint density at radius 1 is 1.06 bits per heavy atom. The van der Waals surface area contributed by atoms with Crippen molar-refractivity contribution in [1.82, 2.24) is 0 Å². The summed E-state index contributed by atoms with van der Waals surface area (Å²) < 4.78 is 61.3. The van der Waals surface area contributed by atoms with Crippen molar-refractivity contribution in [2.24, 2.45) is 0 Å². The second kappa shape index (κ2) is 4.96. The molecule has 0 aliphatic rings. The van der Waals surface area contributed by atoms with Gasteiger partial charge in [0.1, 0.15) is 0 Å². The van der Waals surface area contributed by atoms with Crippen LogP contribution in [-0.2, 0) is 0 Å². The minimum atomic E-state index is -4.92. The van der Waals surface area contributed by atoms with Crippen molar-refractivity contribution >= 4 is 23.2 Å². The highest BCUT2D eigenvalue weighted by Gasteiger charge is 2.40. The van der Waals surface area contributed by atoms with Crippen LogP contribution in [0.2, 0.25) is 10.0 Å². The van der Waals surface area contributed by atoms with Gasteiger partial charge in [0.25, 0.3) is 6.43 Å². The third-order valence-corrected chi connectivity index (χ3v) is 2.57. The fraction of sp³-hybridized carbons (Fsp3) is 0.333. The van der Waals surface area contributed by atoms with Crippen molar-refractivity contribution in [3.63, 3.8) is 0 Å². The maximum Gasteiger partial charge on any atom is 0.418 e. The molecule has 0 heterocycles. The highest BCUT2D eigenvalue weighted by molar-refractivity contribution is 6.36. The third kappa shape index (κ3) is 3.20. The molecule has 1 atom stereocenters. The van der Waals surface area contributed by atoms with Gasteiger partial charge in [-0.15, -0.1) is 0 Å². The molecule has 1 aromatic carbocycles. The number of benzene rings is 1. The van der Waals surface area contributed by atoms with Crippen molar-refractivity contribution in [1.29, 1.82) is 0 Å². The second-order valence-electron chi connectivity index (χ2n) is 3.14. The Bertz CT molecular complexity index is 395. The molecule has 17 heavy (non-hydrogen) atoms. The Balaban J connectivity index is 3.24. The minimum absolute atomic E-state index is 0.618. The SMILES string of the molecule is OC(c1cc(Cl)c(C(F)F)c(Cl)c1)C(F)(F)F. The standard InChI is InChI=1S/C9H5Cl2F5O/c10-4-1-3(7(17)9(14,15)16)2-5(11)6(4)8(12)13/h1-2,7-8,17H. The van der Waals surface area contributed by atoms with Crippen molar-refractivity contribution < 1.29 is 27.1 Å². The van der Waals surface area contributed by atoms with Crippen LogP contribution in [0.15, 0.2) is 12.1 Å². The number of aliphatic hydroxyl groups excluding tert-OH is 1. The lowest BCUT2D eigenvalue weighted by Crippen LogP contribution is -2.20. The van der Waals surface area contributed by atoms with Gasteiger partial charge in [0.05, 0.1) is 15.6 Å². The summed E-state index contributed by atoms with van der Waals surface area (Å²) in [5.41, 5.74) is -1.44. The van der Waals surface area contributed by atoms with Gasteiger partial charge in [0, 0.05) is 0 Å². The maximum absolute atomic E-state index is 12.4. The average Bonchev–Trinajstić information content (AvgIpc) is 2.13. The molecule has 0 saturated carbocycles. The van der Waals surface area contributed by atoms with Crippen LogP contribution in [0.1, 0.15) is 23.7 Å². The van der Waals surface area contributed by atoms with E-state index in [4.69, 9.17) is 28.3 Å². The number of halogens is 7. The molecular weight excluding hydrogens is 290 g/mol. The monoisotopic (exact) mass is 294 g/mol. The van der Waals surface area contributed by atoms with E-state index in [1.54, 1.807) is 0 Å². The second-order valence-corrected chi connectivity index (χ2v) is 3.96. The molecule has 0 amide bonds. The minimum Gasteiger partial charge on any atom is -0.379 e. The highest BCUT2D eigenvalue weighted by atomic mass is 35.5. The number of hydrogen-bond acceptors (Lipinski definition) is 1. The Kier molecular flexibility index (Phi) is 4.22. The summed E-state index contributed by atoms with van der Waals surface area (Å²) in [7, 11) is 0. The van der Waals surface area contributed by atoms with Crippen molar-refractivity contribution in [3.05, 3.63) is 33.3 Å². The lowest BCUT2D eigenvalue weighted by atomic mass is 10.1. The molecule has 1 unspecified atom stereocenters. The first-order valence-corrected chi connectivity index (χ1v) is 4.92. The predicted molar refractivity (Wildman–Crippen MR) is 52.4 cm³/mol. The normalized spacial score (nSPS) is 14.2. The van der Waals surface area contributed by atoms with Crippen LogP contribution < -0.4 is 0 Å². The molecule has 0 aliphatic heterocycles. The Labute approximate surface area is 103 Å². The summed E-state index contributed by atoms with van der Waals surface area (Å²) in [6.45, 7) is 0. The van der Waals surface area contributed by atoms with Gasteiger partial charge in [-0.2, -0.15) is 13.2 Å². The van der Waals surface area contributed by atoms with Gasteiger partial charge >= 0.3 is 6.18 Å². The van der Waals surface area contributed by atoms with Gasteiger partial charge in [-0.1, -0.05) is 23.2 Å². The van der Waals surface area contributed by atoms with Gasteiger partial charge in [-0.05, 0) is 17.7 Å². The summed E-state index contributed by atoms with van der Waals surface area (Å²) >= 11 is 10.8. The van der Waals surface area contributed by atoms with Crippen LogP contribution in [-0.4, -0.2) is 11.3 Å². The van der Waals surface area contributed by atoms with E-state index in [-0.39, 0.29) is 0 Å². The first-order valence-electron chi connectivity index (χ1n) is 4.16. The molecule has 1 nitrogen and oxygen atoms in total. The van der Waals surface area contributed by atoms with E-state index in [0.29, 0.717) is 12.1 Å². The first-order chi connectivity index (χ1) is 7.64. The molecule has 0 fully saturated rings. The Morgan fingerprint density at radius 2 is 1.47 bits per heavy atom. The molecule has 1 aromatic rings. The fourth-order valence-electron chi connectivity index (χ4n) is 1.16. The van der Waals surface area contributed by atoms with Crippen LogP contribution in [0, 0.1) is 0 Å². The summed E-state index contributed by atoms with van der Waals surface area (Å²) in [6.07, 6.45) is -10.7. The Morgan fingerprint density at radius 3 is 1.76 bits per heavy atom. The molecular formula is C9H5Cl2F5O. The smallest absolute Gasteiger partial charge is 0.379 e. The lowest BCUT2D eigenvalue weighted by Gasteiger charge is -2.16. The molecule has 8 heteroatoms. The van der Waals surface area contributed by atoms with E-state index in [1.807, 2.05) is 0 Å². The van der Waals surface area contributed by atoms with Gasteiger partial charge in [-0.3, -0.25) is 0 Å². The molecule has 0 bridgehead atoms. The van der Waals surface area contributed by atoms with Crippen molar-refractivity contribution in [3.8, 4) is 0 Å². The summed E-state index contributed by atoms with van der Waals surface area (Å²) in [6, 6.07) is 1.24. The summed E-state index contributed by atoms with van der Waals surface area (Å²) in [4.78, 5) is 0. The first kappa shape index (κ1) is 14.5. The van der Waals surface area contributed by atoms with Gasteiger partial charge in [0.15, 0.2) is 6.10 Å². The molecule has 0 aromatic heterocycles. The lowest BCUT2D eigenvalue weighted by molar-refractivity contribution is -0.206. The van der Waals surface area contributed by atoms with Crippen LogP contribution in [0.3, 0.4) is 0 Å². The van der Waals surface area contributed by atoms with Crippen molar-refractivity contribution in [2.75, 3.05) is 0 Å². The highest BCUT2D eigenvalue weighted by Crippen LogP contribution is 2.39. The van der Waals surface area contributed by atoms with E-state index in [0.717, 1.165) is 0 Å². The number of rotatable bonds is 2. The van der Waals surface area contributed by atoms with E-state index in [9.17, 15) is 22.0 Å². The summed E-state index contributed by atoms with van der Waals surface area (Å²) in [5.74, 6) is 0. The molecule has 0 radical (unpaired) electrons. The fourth-order valence-corrected chi connectivity index (χ4v) is 1.83. The molecule has 0 spiro atoms. The Hall–Kier alpha value is -0.590. The molecule has 1 N–H and O–H groups in total.